The van der Waals surface area contributed by atoms with Crippen LogP contribution in [0, 0.1) is 0 Å². The maximum atomic E-state index is 10.3. The number of hydroxylamine groups is 2. The first-order valence-electron chi connectivity index (χ1n) is 7.29. The molecule has 6 nitrogen and oxygen atoms in total. The molecule has 0 spiro atoms. The van der Waals surface area contributed by atoms with E-state index < -0.39 is 0 Å². The van der Waals surface area contributed by atoms with Gasteiger partial charge in [0.1, 0.15) is 6.17 Å². The van der Waals surface area contributed by atoms with Gasteiger partial charge in [0, 0.05) is 25.3 Å². The van der Waals surface area contributed by atoms with Gasteiger partial charge in [-0.15, -0.1) is 5.06 Å². The molecule has 0 aromatic heterocycles. The first-order chi connectivity index (χ1) is 10.7. The smallest absolute Gasteiger partial charge is 0.194 e. The number of nitrogens with zero attached hydrogens (tertiary/aromatic N) is 2. The molecule has 1 heterocycles. The van der Waals surface area contributed by atoms with Crippen molar-refractivity contribution >= 4 is 11.6 Å². The lowest BCUT2D eigenvalue weighted by atomic mass is 10.1. The number of benzene rings is 1. The molecule has 1 aromatic carbocycles. The number of methoxy groups -OCH3 is 2. The summed E-state index contributed by atoms with van der Waals surface area (Å²) in [6, 6.07) is 5.86. The lowest BCUT2D eigenvalue weighted by molar-refractivity contribution is -0.118. The lowest BCUT2D eigenvalue weighted by Crippen LogP contribution is -2.49. The fourth-order valence-corrected chi connectivity index (χ4v) is 2.77. The van der Waals surface area contributed by atoms with E-state index in [9.17, 15) is 4.79 Å². The number of anilines is 1. The Labute approximate surface area is 130 Å². The molecule has 1 fully saturated rings. The zero-order chi connectivity index (χ0) is 15.9. The van der Waals surface area contributed by atoms with Crippen molar-refractivity contribution in [1.29, 1.82) is 0 Å². The third kappa shape index (κ3) is 3.53. The van der Waals surface area contributed by atoms with E-state index >= 15 is 0 Å². The van der Waals surface area contributed by atoms with E-state index in [2.05, 4.69) is 4.90 Å². The number of hydrogen-bond acceptors (Lipinski definition) is 6. The minimum atomic E-state index is 0.0523. The van der Waals surface area contributed by atoms with Crippen molar-refractivity contribution in [2.45, 2.75) is 25.4 Å². The molecule has 1 aliphatic rings. The average molecular weight is 306 g/mol. The SMILES string of the molecule is COc1ccc(N2CCCCC2N(C)OC=C=O)cc1OC. The number of carbonyl (C=O) groups excluding carboxylic acids is 1. The summed E-state index contributed by atoms with van der Waals surface area (Å²) in [4.78, 5) is 17.8. The van der Waals surface area contributed by atoms with Gasteiger partial charge in [-0.1, -0.05) is 0 Å². The van der Waals surface area contributed by atoms with Crippen LogP contribution >= 0.6 is 0 Å². The molecule has 0 saturated carbocycles. The van der Waals surface area contributed by atoms with Crippen LogP contribution in [0.5, 0.6) is 11.5 Å². The number of piperidine rings is 1. The average Bonchev–Trinajstić information content (AvgIpc) is 2.59. The maximum Gasteiger partial charge on any atom is 0.194 e. The van der Waals surface area contributed by atoms with E-state index in [1.165, 1.54) is 0 Å². The maximum absolute atomic E-state index is 10.3. The van der Waals surface area contributed by atoms with E-state index in [-0.39, 0.29) is 6.17 Å². The van der Waals surface area contributed by atoms with Gasteiger partial charge in [-0.25, -0.2) is 4.79 Å². The predicted molar refractivity (Wildman–Crippen MR) is 83.6 cm³/mol. The Hall–Kier alpha value is -2.17. The molecule has 1 aliphatic heterocycles. The molecule has 0 N–H and O–H groups in total. The highest BCUT2D eigenvalue weighted by Gasteiger charge is 2.27. The molecule has 6 heteroatoms. The van der Waals surface area contributed by atoms with Gasteiger partial charge < -0.3 is 19.2 Å². The van der Waals surface area contributed by atoms with Crippen molar-refractivity contribution in [3.63, 3.8) is 0 Å². The Balaban J connectivity index is 2.25. The van der Waals surface area contributed by atoms with Gasteiger partial charge in [-0.3, -0.25) is 0 Å². The molecule has 1 unspecified atom stereocenters. The summed E-state index contributed by atoms with van der Waals surface area (Å²) < 4.78 is 10.7. The van der Waals surface area contributed by atoms with Gasteiger partial charge in [0.25, 0.3) is 0 Å². The van der Waals surface area contributed by atoms with Gasteiger partial charge in [0.15, 0.2) is 23.7 Å². The Bertz CT molecular complexity index is 543. The second-order valence-corrected chi connectivity index (χ2v) is 5.10. The van der Waals surface area contributed by atoms with E-state index in [1.807, 2.05) is 25.2 Å². The Morgan fingerprint density at radius 2 is 2.05 bits per heavy atom. The molecular weight excluding hydrogens is 284 g/mol. The van der Waals surface area contributed by atoms with Crippen molar-refractivity contribution in [2.24, 2.45) is 0 Å². The Morgan fingerprint density at radius 1 is 1.27 bits per heavy atom. The monoisotopic (exact) mass is 306 g/mol. The Morgan fingerprint density at radius 3 is 2.73 bits per heavy atom. The van der Waals surface area contributed by atoms with E-state index in [0.717, 1.165) is 37.8 Å². The molecule has 0 radical (unpaired) electrons. The van der Waals surface area contributed by atoms with Gasteiger partial charge in [0.2, 0.25) is 0 Å². The van der Waals surface area contributed by atoms with Gasteiger partial charge in [0.05, 0.1) is 14.2 Å². The molecule has 0 aliphatic carbocycles. The molecule has 22 heavy (non-hydrogen) atoms. The summed E-state index contributed by atoms with van der Waals surface area (Å²) in [6.45, 7) is 0.915. The lowest BCUT2D eigenvalue weighted by Gasteiger charge is -2.41. The zero-order valence-electron chi connectivity index (χ0n) is 13.2. The summed E-state index contributed by atoms with van der Waals surface area (Å²) in [7, 11) is 5.06. The van der Waals surface area contributed by atoms with Crippen LogP contribution in [0.3, 0.4) is 0 Å². The normalized spacial score (nSPS) is 17.8. The topological polar surface area (TPSA) is 51.2 Å². The largest absolute Gasteiger partial charge is 0.493 e. The van der Waals surface area contributed by atoms with Gasteiger partial charge in [-0.2, -0.15) is 0 Å². The van der Waals surface area contributed by atoms with Crippen molar-refractivity contribution in [3.8, 4) is 11.5 Å². The first kappa shape index (κ1) is 16.2. The minimum absolute atomic E-state index is 0.0523. The van der Waals surface area contributed by atoms with Crippen LogP contribution in [-0.4, -0.2) is 45.0 Å². The van der Waals surface area contributed by atoms with Crippen molar-refractivity contribution in [3.05, 3.63) is 24.5 Å². The van der Waals surface area contributed by atoms with Crippen molar-refractivity contribution in [1.82, 2.24) is 5.06 Å². The second kappa shape index (κ2) is 7.73. The van der Waals surface area contributed by atoms with Crippen LogP contribution < -0.4 is 14.4 Å². The number of hydrogen-bond donors (Lipinski definition) is 0. The molecule has 1 aromatic rings. The molecule has 0 amide bonds. The third-order valence-electron chi connectivity index (χ3n) is 3.86. The summed E-state index contributed by atoms with van der Waals surface area (Å²) in [5, 5.41) is 1.68. The van der Waals surface area contributed by atoms with Crippen LogP contribution in [0.4, 0.5) is 5.69 Å². The zero-order valence-corrected chi connectivity index (χ0v) is 13.2. The van der Waals surface area contributed by atoms with Crippen molar-refractivity contribution < 1.29 is 19.1 Å². The van der Waals surface area contributed by atoms with E-state index in [0.29, 0.717) is 11.5 Å². The molecular formula is C16H22N2O4. The summed E-state index contributed by atoms with van der Waals surface area (Å²) in [6.07, 6.45) is 4.27. The summed E-state index contributed by atoms with van der Waals surface area (Å²) in [5.41, 5.74) is 1.04. The van der Waals surface area contributed by atoms with Crippen LogP contribution in [0.25, 0.3) is 0 Å². The summed E-state index contributed by atoms with van der Waals surface area (Å²) in [5.74, 6) is 3.03. The van der Waals surface area contributed by atoms with Crippen LogP contribution in [0.2, 0.25) is 0 Å². The highest BCUT2D eigenvalue weighted by molar-refractivity contribution is 5.57. The van der Waals surface area contributed by atoms with E-state index in [1.54, 1.807) is 25.2 Å². The molecule has 0 bridgehead atoms. The number of rotatable bonds is 6. The minimum Gasteiger partial charge on any atom is -0.493 e. The molecule has 1 saturated heterocycles. The van der Waals surface area contributed by atoms with Crippen LogP contribution in [0.15, 0.2) is 24.5 Å². The molecule has 120 valence electrons. The molecule has 1 atom stereocenters. The van der Waals surface area contributed by atoms with Crippen LogP contribution in [-0.2, 0) is 9.63 Å². The van der Waals surface area contributed by atoms with Crippen LogP contribution in [0.1, 0.15) is 19.3 Å². The fourth-order valence-electron chi connectivity index (χ4n) is 2.77. The quantitative estimate of drug-likeness (QED) is 0.456. The standard InChI is InChI=1S/C16H22N2O4/c1-17(22-11-10-19)16-6-4-5-9-18(16)13-7-8-14(20-2)15(12-13)21-3/h7-8,11-12,16H,4-6,9H2,1-3H3. The molecule has 2 rings (SSSR count). The van der Waals surface area contributed by atoms with Gasteiger partial charge >= 0.3 is 0 Å². The fraction of sp³-hybridized carbons (Fsp3) is 0.500. The predicted octanol–water partition coefficient (Wildman–Crippen LogP) is 2.23. The highest BCUT2D eigenvalue weighted by Crippen LogP contribution is 2.34. The first-order valence-corrected chi connectivity index (χ1v) is 7.29. The Kier molecular flexibility index (Phi) is 5.69. The number of ether oxygens (including phenoxy) is 2. The third-order valence-corrected chi connectivity index (χ3v) is 3.86. The second-order valence-electron chi connectivity index (χ2n) is 5.10. The van der Waals surface area contributed by atoms with Gasteiger partial charge in [-0.05, 0) is 31.4 Å². The van der Waals surface area contributed by atoms with Crippen molar-refractivity contribution in [2.75, 3.05) is 32.7 Å². The van der Waals surface area contributed by atoms with E-state index in [4.69, 9.17) is 14.3 Å². The highest BCUT2D eigenvalue weighted by atomic mass is 16.7. The summed E-state index contributed by atoms with van der Waals surface area (Å²) >= 11 is 0.